The van der Waals surface area contributed by atoms with Gasteiger partial charge in [-0.1, -0.05) is 0 Å². The lowest BCUT2D eigenvalue weighted by Crippen LogP contribution is -2.48. The molecule has 0 aromatic carbocycles. The Labute approximate surface area is 123 Å². The topological polar surface area (TPSA) is 55.1 Å². The molecule has 4 bridgehead atoms. The van der Waals surface area contributed by atoms with Gasteiger partial charge in [-0.15, -0.1) is 0 Å². The second kappa shape index (κ2) is 5.67. The third-order valence-corrected chi connectivity index (χ3v) is 5.95. The Morgan fingerprint density at radius 3 is 2.25 bits per heavy atom. The molecule has 4 saturated carbocycles. The van der Waals surface area contributed by atoms with Crippen LogP contribution >= 0.6 is 0 Å². The third-order valence-electron chi connectivity index (χ3n) is 5.95. The van der Waals surface area contributed by atoms with E-state index in [2.05, 4.69) is 12.2 Å². The van der Waals surface area contributed by atoms with Crippen LogP contribution < -0.4 is 11.1 Å². The van der Waals surface area contributed by atoms with E-state index in [0.29, 0.717) is 5.41 Å². The lowest BCUT2D eigenvalue weighted by atomic mass is 9.49. The fourth-order valence-corrected chi connectivity index (χ4v) is 5.67. The maximum atomic E-state index is 12.4. The van der Waals surface area contributed by atoms with Gasteiger partial charge in [-0.25, -0.2) is 0 Å². The number of carbonyl (C=O) groups excluding carboxylic acids is 1. The van der Waals surface area contributed by atoms with E-state index in [4.69, 9.17) is 5.73 Å². The zero-order chi connectivity index (χ0) is 14.2. The maximum Gasteiger partial charge on any atom is 0.220 e. The van der Waals surface area contributed by atoms with Crippen LogP contribution in [-0.2, 0) is 4.79 Å². The highest BCUT2D eigenvalue weighted by molar-refractivity contribution is 5.77. The molecule has 114 valence electrons. The maximum absolute atomic E-state index is 12.4. The zero-order valence-corrected chi connectivity index (χ0v) is 12.9. The first-order valence-corrected chi connectivity index (χ1v) is 8.58. The van der Waals surface area contributed by atoms with Crippen LogP contribution in [0.4, 0.5) is 0 Å². The van der Waals surface area contributed by atoms with Gasteiger partial charge in [0.15, 0.2) is 0 Å². The second-order valence-corrected chi connectivity index (χ2v) is 7.99. The quantitative estimate of drug-likeness (QED) is 0.785. The van der Waals surface area contributed by atoms with E-state index in [1.807, 2.05) is 0 Å². The molecule has 3 N–H and O–H groups in total. The number of hydrogen-bond donors (Lipinski definition) is 2. The Morgan fingerprint density at radius 2 is 1.75 bits per heavy atom. The largest absolute Gasteiger partial charge is 0.354 e. The van der Waals surface area contributed by atoms with Crippen LogP contribution in [0, 0.1) is 23.2 Å². The molecule has 4 fully saturated rings. The molecule has 4 aliphatic rings. The van der Waals surface area contributed by atoms with Gasteiger partial charge in [-0.3, -0.25) is 4.79 Å². The summed E-state index contributed by atoms with van der Waals surface area (Å²) < 4.78 is 0. The molecule has 0 aliphatic heterocycles. The molecule has 0 aromatic rings. The minimum Gasteiger partial charge on any atom is -0.354 e. The van der Waals surface area contributed by atoms with Crippen molar-refractivity contribution in [2.45, 2.75) is 70.8 Å². The van der Waals surface area contributed by atoms with Crippen molar-refractivity contribution in [3.63, 3.8) is 0 Å². The smallest absolute Gasteiger partial charge is 0.220 e. The predicted molar refractivity (Wildman–Crippen MR) is 81.1 cm³/mol. The van der Waals surface area contributed by atoms with E-state index in [9.17, 15) is 4.79 Å². The summed E-state index contributed by atoms with van der Waals surface area (Å²) in [5, 5.41) is 3.20. The van der Waals surface area contributed by atoms with Crippen LogP contribution in [0.1, 0.15) is 64.7 Å². The van der Waals surface area contributed by atoms with Gasteiger partial charge in [-0.2, -0.15) is 0 Å². The van der Waals surface area contributed by atoms with Crippen molar-refractivity contribution < 1.29 is 4.79 Å². The highest BCUT2D eigenvalue weighted by Gasteiger charge is 2.51. The summed E-state index contributed by atoms with van der Waals surface area (Å²) >= 11 is 0. The van der Waals surface area contributed by atoms with Gasteiger partial charge in [0.25, 0.3) is 0 Å². The van der Waals surface area contributed by atoms with E-state index >= 15 is 0 Å². The highest BCUT2D eigenvalue weighted by Crippen LogP contribution is 2.61. The summed E-state index contributed by atoms with van der Waals surface area (Å²) in [4.78, 5) is 12.4. The second-order valence-electron chi connectivity index (χ2n) is 7.99. The van der Waals surface area contributed by atoms with Crippen molar-refractivity contribution in [2.24, 2.45) is 28.9 Å². The van der Waals surface area contributed by atoms with E-state index in [-0.39, 0.29) is 11.9 Å². The standard InChI is InChI=1S/C17H30N2O/c1-12(3-2-4-18)19-16(20)11-17-8-13-5-14(9-17)7-15(6-13)10-17/h12-15H,2-11,18H2,1H3,(H,19,20). The predicted octanol–water partition coefficient (Wildman–Crippen LogP) is 2.84. The van der Waals surface area contributed by atoms with Crippen LogP contribution in [0.25, 0.3) is 0 Å². The average Bonchev–Trinajstić information content (AvgIpc) is 2.33. The number of hydrogen-bond acceptors (Lipinski definition) is 2. The van der Waals surface area contributed by atoms with Crippen LogP contribution in [0.3, 0.4) is 0 Å². The van der Waals surface area contributed by atoms with E-state index in [1.165, 1.54) is 38.5 Å². The highest BCUT2D eigenvalue weighted by atomic mass is 16.1. The molecule has 3 heteroatoms. The van der Waals surface area contributed by atoms with Gasteiger partial charge in [-0.05, 0) is 88.0 Å². The van der Waals surface area contributed by atoms with E-state index < -0.39 is 0 Å². The number of nitrogens with two attached hydrogens (primary N) is 1. The average molecular weight is 278 g/mol. The summed E-state index contributed by atoms with van der Waals surface area (Å²) in [5.74, 6) is 3.09. The lowest BCUT2D eigenvalue weighted by molar-refractivity contribution is -0.130. The summed E-state index contributed by atoms with van der Waals surface area (Å²) in [6, 6.07) is 0.278. The molecular weight excluding hydrogens is 248 g/mol. The van der Waals surface area contributed by atoms with Gasteiger partial charge in [0, 0.05) is 12.5 Å². The first-order chi connectivity index (χ1) is 9.58. The van der Waals surface area contributed by atoms with Crippen LogP contribution in [0.2, 0.25) is 0 Å². The van der Waals surface area contributed by atoms with Crippen molar-refractivity contribution >= 4 is 5.91 Å². The Hall–Kier alpha value is -0.570. The van der Waals surface area contributed by atoms with Crippen molar-refractivity contribution in [3.05, 3.63) is 0 Å². The molecule has 20 heavy (non-hydrogen) atoms. The molecule has 4 aliphatic carbocycles. The molecule has 1 amide bonds. The van der Waals surface area contributed by atoms with Gasteiger partial charge < -0.3 is 11.1 Å². The number of nitrogens with one attached hydrogen (secondary N) is 1. The normalized spacial score (nSPS) is 39.8. The minimum absolute atomic E-state index is 0.278. The Kier molecular flexibility index (Phi) is 4.07. The van der Waals surface area contributed by atoms with E-state index in [0.717, 1.165) is 43.6 Å². The van der Waals surface area contributed by atoms with Crippen LogP contribution in [0.15, 0.2) is 0 Å². The minimum atomic E-state index is 0.278. The fraction of sp³-hybridized carbons (Fsp3) is 0.941. The zero-order valence-electron chi connectivity index (χ0n) is 12.9. The van der Waals surface area contributed by atoms with Crippen molar-refractivity contribution in [1.29, 1.82) is 0 Å². The Balaban J connectivity index is 1.53. The van der Waals surface area contributed by atoms with Crippen molar-refractivity contribution in [3.8, 4) is 0 Å². The first-order valence-electron chi connectivity index (χ1n) is 8.58. The van der Waals surface area contributed by atoms with Gasteiger partial charge in [0.2, 0.25) is 5.91 Å². The number of rotatable bonds is 6. The van der Waals surface area contributed by atoms with Crippen molar-refractivity contribution in [2.75, 3.05) is 6.54 Å². The van der Waals surface area contributed by atoms with Crippen LogP contribution in [-0.4, -0.2) is 18.5 Å². The Bertz CT molecular complexity index is 331. The monoisotopic (exact) mass is 278 g/mol. The molecule has 0 aromatic heterocycles. The number of amides is 1. The summed E-state index contributed by atoms with van der Waals surface area (Å²) in [5.41, 5.74) is 5.90. The molecule has 0 radical (unpaired) electrons. The van der Waals surface area contributed by atoms with Crippen molar-refractivity contribution in [1.82, 2.24) is 5.32 Å². The molecular formula is C17H30N2O. The summed E-state index contributed by atoms with van der Waals surface area (Å²) in [6.07, 6.45) is 11.1. The summed E-state index contributed by atoms with van der Waals surface area (Å²) in [6.45, 7) is 2.82. The molecule has 4 rings (SSSR count). The fourth-order valence-electron chi connectivity index (χ4n) is 5.67. The first kappa shape index (κ1) is 14.4. The van der Waals surface area contributed by atoms with Crippen LogP contribution in [0.5, 0.6) is 0 Å². The SMILES string of the molecule is CC(CCCN)NC(=O)CC12CC3CC(CC(C3)C1)C2. The molecule has 1 atom stereocenters. The van der Waals surface area contributed by atoms with Gasteiger partial charge in [0.1, 0.15) is 0 Å². The molecule has 0 heterocycles. The lowest BCUT2D eigenvalue weighted by Gasteiger charge is -2.56. The third kappa shape index (κ3) is 3.03. The van der Waals surface area contributed by atoms with Gasteiger partial charge >= 0.3 is 0 Å². The molecule has 1 unspecified atom stereocenters. The van der Waals surface area contributed by atoms with E-state index in [1.54, 1.807) is 0 Å². The molecule has 0 spiro atoms. The molecule has 3 nitrogen and oxygen atoms in total. The van der Waals surface area contributed by atoms with Gasteiger partial charge in [0.05, 0.1) is 0 Å². The number of carbonyl (C=O) groups is 1. The Morgan fingerprint density at radius 1 is 1.20 bits per heavy atom. The summed E-state index contributed by atoms with van der Waals surface area (Å²) in [7, 11) is 0. The molecule has 0 saturated heterocycles.